The third-order valence-electron chi connectivity index (χ3n) is 4.48. The highest BCUT2D eigenvalue weighted by Gasteiger charge is 2.17. The molecule has 2 N–H and O–H groups in total. The van der Waals surface area contributed by atoms with Crippen molar-refractivity contribution in [1.82, 2.24) is 9.29 Å². The van der Waals surface area contributed by atoms with Crippen LogP contribution in [0.3, 0.4) is 0 Å². The van der Waals surface area contributed by atoms with Gasteiger partial charge in [-0.05, 0) is 48.7 Å². The number of amides is 1. The third-order valence-corrected chi connectivity index (χ3v) is 6.09. The number of carbonyl (C=O) groups is 1. The third kappa shape index (κ3) is 5.44. The molecule has 0 fully saturated rings. The number of benzene rings is 2. The second-order valence-electron chi connectivity index (χ2n) is 6.87. The number of carbonyl (C=O) groups excluding carboxylic acids is 1. The largest absolute Gasteiger partial charge is 0.383 e. The minimum atomic E-state index is -3.63. The Balaban J connectivity index is 1.57. The number of anilines is 1. The van der Waals surface area contributed by atoms with Crippen molar-refractivity contribution in [1.29, 1.82) is 0 Å². The van der Waals surface area contributed by atoms with Gasteiger partial charge in [-0.2, -0.15) is 0 Å². The van der Waals surface area contributed by atoms with Crippen LogP contribution in [0.15, 0.2) is 65.7 Å². The van der Waals surface area contributed by atoms with Crippen molar-refractivity contribution >= 4 is 32.5 Å². The molecule has 0 unspecified atom stereocenters. The van der Waals surface area contributed by atoms with Crippen molar-refractivity contribution in [2.75, 3.05) is 19.0 Å². The molecule has 0 radical (unpaired) electrons. The first kappa shape index (κ1) is 21.0. The van der Waals surface area contributed by atoms with Crippen LogP contribution in [0.5, 0.6) is 0 Å². The maximum absolute atomic E-state index is 12.3. The molecular formula is C21H25N3O4S. The highest BCUT2D eigenvalue weighted by atomic mass is 32.2. The van der Waals surface area contributed by atoms with Crippen LogP contribution in [0, 0.1) is 0 Å². The second kappa shape index (κ2) is 9.21. The van der Waals surface area contributed by atoms with Crippen molar-refractivity contribution in [3.05, 3.63) is 60.8 Å². The lowest BCUT2D eigenvalue weighted by atomic mass is 10.2. The molecule has 0 bridgehead atoms. The number of nitrogens with one attached hydrogen (secondary N) is 2. The van der Waals surface area contributed by atoms with E-state index >= 15 is 0 Å². The van der Waals surface area contributed by atoms with E-state index in [1.54, 1.807) is 19.1 Å². The van der Waals surface area contributed by atoms with E-state index in [9.17, 15) is 13.2 Å². The lowest BCUT2D eigenvalue weighted by Gasteiger charge is -2.13. The minimum absolute atomic E-state index is 0.134. The smallest absolute Gasteiger partial charge is 0.240 e. The van der Waals surface area contributed by atoms with Gasteiger partial charge in [0.05, 0.1) is 11.5 Å². The van der Waals surface area contributed by atoms with Gasteiger partial charge in [0.15, 0.2) is 0 Å². The van der Waals surface area contributed by atoms with Crippen LogP contribution in [-0.2, 0) is 26.1 Å². The molecule has 2 aromatic carbocycles. The van der Waals surface area contributed by atoms with E-state index in [4.69, 9.17) is 4.74 Å². The average molecular weight is 416 g/mol. The Hall–Kier alpha value is -2.68. The Bertz CT molecular complexity index is 1070. The molecule has 0 aliphatic heterocycles. The second-order valence-corrected chi connectivity index (χ2v) is 8.58. The molecule has 7 nitrogen and oxygen atoms in total. The van der Waals surface area contributed by atoms with Crippen LogP contribution in [-0.4, -0.2) is 38.7 Å². The maximum Gasteiger partial charge on any atom is 0.240 e. The summed E-state index contributed by atoms with van der Waals surface area (Å²) in [5.41, 5.74) is 1.64. The average Bonchev–Trinajstić information content (AvgIpc) is 3.10. The zero-order chi connectivity index (χ0) is 20.9. The van der Waals surface area contributed by atoms with Gasteiger partial charge in [0, 0.05) is 43.5 Å². The molecular weight excluding hydrogens is 390 g/mol. The number of sulfonamides is 1. The van der Waals surface area contributed by atoms with E-state index in [1.807, 2.05) is 41.1 Å². The predicted octanol–water partition coefficient (Wildman–Crippen LogP) is 2.98. The first-order valence-corrected chi connectivity index (χ1v) is 10.8. The number of aryl methyl sites for hydroxylation is 1. The lowest BCUT2D eigenvalue weighted by Crippen LogP contribution is -2.35. The number of fused-ring (bicyclic) bond motifs is 1. The first-order valence-electron chi connectivity index (χ1n) is 9.34. The van der Waals surface area contributed by atoms with Crippen molar-refractivity contribution in [2.45, 2.75) is 30.8 Å². The molecule has 154 valence electrons. The van der Waals surface area contributed by atoms with Gasteiger partial charge >= 0.3 is 0 Å². The van der Waals surface area contributed by atoms with Crippen LogP contribution in [0.25, 0.3) is 10.9 Å². The molecule has 8 heteroatoms. The number of para-hydroxylation sites is 1. The van der Waals surface area contributed by atoms with Gasteiger partial charge in [-0.3, -0.25) is 4.79 Å². The van der Waals surface area contributed by atoms with Crippen molar-refractivity contribution in [3.8, 4) is 0 Å². The van der Waals surface area contributed by atoms with E-state index in [1.165, 1.54) is 19.2 Å². The molecule has 0 saturated heterocycles. The van der Waals surface area contributed by atoms with Crippen LogP contribution < -0.4 is 10.0 Å². The fraction of sp³-hybridized carbons (Fsp3) is 0.286. The summed E-state index contributed by atoms with van der Waals surface area (Å²) in [6.45, 7) is 2.57. The topological polar surface area (TPSA) is 89.4 Å². The van der Waals surface area contributed by atoms with Crippen molar-refractivity contribution in [2.24, 2.45) is 0 Å². The summed E-state index contributed by atoms with van der Waals surface area (Å²) in [5, 5.41) is 3.94. The van der Waals surface area contributed by atoms with Crippen LogP contribution in [0.2, 0.25) is 0 Å². The van der Waals surface area contributed by atoms with Gasteiger partial charge in [-0.15, -0.1) is 0 Å². The van der Waals surface area contributed by atoms with E-state index < -0.39 is 10.0 Å². The molecule has 0 aliphatic carbocycles. The molecule has 1 aromatic heterocycles. The Morgan fingerprint density at radius 3 is 2.55 bits per heavy atom. The number of nitrogens with zero attached hydrogens (tertiary/aromatic N) is 1. The summed E-state index contributed by atoms with van der Waals surface area (Å²) in [4.78, 5) is 12.4. The van der Waals surface area contributed by atoms with E-state index in [0.29, 0.717) is 18.7 Å². The van der Waals surface area contributed by atoms with Gasteiger partial charge in [0.25, 0.3) is 0 Å². The summed E-state index contributed by atoms with van der Waals surface area (Å²) in [6.07, 6.45) is 2.28. The molecule has 0 aliphatic rings. The molecule has 29 heavy (non-hydrogen) atoms. The lowest BCUT2D eigenvalue weighted by molar-refractivity contribution is -0.116. The van der Waals surface area contributed by atoms with Crippen molar-refractivity contribution in [3.63, 3.8) is 0 Å². The summed E-state index contributed by atoms with van der Waals surface area (Å²) in [6, 6.07) is 15.8. The van der Waals surface area contributed by atoms with Gasteiger partial charge in [0.2, 0.25) is 15.9 Å². The fourth-order valence-electron chi connectivity index (χ4n) is 3.12. The highest BCUT2D eigenvalue weighted by molar-refractivity contribution is 7.89. The molecule has 3 rings (SSSR count). The fourth-order valence-corrected chi connectivity index (χ4v) is 4.34. The molecule has 1 amide bonds. The number of rotatable bonds is 9. The Morgan fingerprint density at radius 2 is 1.83 bits per heavy atom. The Labute approximate surface area is 170 Å². The summed E-state index contributed by atoms with van der Waals surface area (Å²) < 4.78 is 34.2. The SMILES string of the molecule is COC[C@H](C)NS(=O)(=O)c1ccc(NC(=O)CCn2ccc3ccccc32)cc1. The van der Waals surface area contributed by atoms with Gasteiger partial charge in [-0.1, -0.05) is 18.2 Å². The number of ether oxygens (including phenoxy) is 1. The van der Waals surface area contributed by atoms with Crippen LogP contribution in [0.4, 0.5) is 5.69 Å². The maximum atomic E-state index is 12.3. The zero-order valence-corrected chi connectivity index (χ0v) is 17.3. The summed E-state index contributed by atoms with van der Waals surface area (Å²) in [5.74, 6) is -0.134. The van der Waals surface area contributed by atoms with Gasteiger partial charge < -0.3 is 14.6 Å². The zero-order valence-electron chi connectivity index (χ0n) is 16.5. The molecule has 0 saturated carbocycles. The van der Waals surface area contributed by atoms with Gasteiger partial charge in [-0.25, -0.2) is 13.1 Å². The standard InChI is InChI=1S/C21H25N3O4S/c1-16(15-28-2)23-29(26,27)19-9-7-18(8-10-19)22-21(25)12-14-24-13-11-17-5-3-4-6-20(17)24/h3-11,13,16,23H,12,14-15H2,1-2H3,(H,22,25)/t16-/m0/s1. The van der Waals surface area contributed by atoms with Crippen LogP contribution in [0.1, 0.15) is 13.3 Å². The first-order chi connectivity index (χ1) is 13.9. The number of aromatic nitrogens is 1. The normalized spacial score (nSPS) is 12.8. The van der Waals surface area contributed by atoms with Gasteiger partial charge in [0.1, 0.15) is 0 Å². The van der Waals surface area contributed by atoms with E-state index in [0.717, 1.165) is 10.9 Å². The molecule has 0 spiro atoms. The summed E-state index contributed by atoms with van der Waals surface area (Å²) in [7, 11) is -2.12. The van der Waals surface area contributed by atoms with Crippen molar-refractivity contribution < 1.29 is 17.9 Å². The Morgan fingerprint density at radius 1 is 1.10 bits per heavy atom. The number of hydrogen-bond acceptors (Lipinski definition) is 4. The number of hydrogen-bond donors (Lipinski definition) is 2. The number of methoxy groups -OCH3 is 1. The molecule has 3 aromatic rings. The molecule has 1 atom stereocenters. The molecule has 1 heterocycles. The van der Waals surface area contributed by atoms with E-state index in [-0.39, 0.29) is 23.5 Å². The minimum Gasteiger partial charge on any atom is -0.383 e. The quantitative estimate of drug-likeness (QED) is 0.562. The summed E-state index contributed by atoms with van der Waals surface area (Å²) >= 11 is 0. The van der Waals surface area contributed by atoms with Crippen LogP contribution >= 0.6 is 0 Å². The monoisotopic (exact) mass is 415 g/mol. The Kier molecular flexibility index (Phi) is 6.68. The van der Waals surface area contributed by atoms with E-state index in [2.05, 4.69) is 10.0 Å². The predicted molar refractivity (Wildman–Crippen MR) is 113 cm³/mol. The highest BCUT2D eigenvalue weighted by Crippen LogP contribution is 2.17.